The maximum absolute atomic E-state index is 10.5. The van der Waals surface area contributed by atoms with Crippen LogP contribution >= 0.6 is 11.6 Å². The molecule has 3 aromatic rings. The van der Waals surface area contributed by atoms with Gasteiger partial charge in [0, 0.05) is 11.8 Å². The summed E-state index contributed by atoms with van der Waals surface area (Å²) in [5.41, 5.74) is 0.588. The Bertz CT molecular complexity index is 782. The van der Waals surface area contributed by atoms with E-state index in [1.165, 1.54) is 18.3 Å². The molecule has 0 saturated heterocycles. The summed E-state index contributed by atoms with van der Waals surface area (Å²) < 4.78 is 10.0. The summed E-state index contributed by atoms with van der Waals surface area (Å²) in [5.74, 6) is 0.0783. The third-order valence-electron chi connectivity index (χ3n) is 2.39. The highest BCUT2D eigenvalue weighted by Crippen LogP contribution is 2.26. The predicted octanol–water partition coefficient (Wildman–Crippen LogP) is 2.95. The molecule has 100 valence electrons. The Kier molecular flexibility index (Phi) is 2.92. The van der Waals surface area contributed by atoms with Crippen LogP contribution in [0.4, 0.5) is 5.88 Å². The quantitative estimate of drug-likeness (QED) is 0.414. The molecule has 0 spiro atoms. The van der Waals surface area contributed by atoms with Gasteiger partial charge >= 0.3 is 5.88 Å². The van der Waals surface area contributed by atoms with Crippen molar-refractivity contribution in [1.29, 1.82) is 0 Å². The van der Waals surface area contributed by atoms with Crippen LogP contribution in [-0.2, 0) is 0 Å². The molecule has 0 aliphatic heterocycles. The molecule has 3 heterocycles. The fourth-order valence-corrected chi connectivity index (χ4v) is 1.70. The lowest BCUT2D eigenvalue weighted by Gasteiger charge is -1.92. The number of hydrogen-bond acceptors (Lipinski definition) is 7. The number of hydrogen-bond donors (Lipinski definition) is 0. The van der Waals surface area contributed by atoms with Crippen molar-refractivity contribution in [3.8, 4) is 23.0 Å². The standard InChI is InChI=1S/C11H5ClN4O4/c12-8-5-6(3-4-13-8)11-14-10(15-20-11)7-1-2-9(19-7)16(17)18/h1-5H. The van der Waals surface area contributed by atoms with Gasteiger partial charge in [-0.25, -0.2) is 4.98 Å². The van der Waals surface area contributed by atoms with E-state index in [0.29, 0.717) is 5.56 Å². The van der Waals surface area contributed by atoms with Gasteiger partial charge in [0.1, 0.15) is 10.1 Å². The molecule has 0 bridgehead atoms. The molecule has 0 radical (unpaired) electrons. The lowest BCUT2D eigenvalue weighted by atomic mass is 10.3. The van der Waals surface area contributed by atoms with E-state index in [1.54, 1.807) is 12.1 Å². The van der Waals surface area contributed by atoms with Gasteiger partial charge in [-0.1, -0.05) is 16.8 Å². The normalized spacial score (nSPS) is 10.7. The van der Waals surface area contributed by atoms with E-state index in [1.807, 2.05) is 0 Å². The SMILES string of the molecule is O=[N+]([O-])c1ccc(-c2noc(-c3ccnc(Cl)c3)n2)o1. The number of furan rings is 1. The van der Waals surface area contributed by atoms with Gasteiger partial charge in [0.15, 0.2) is 5.76 Å². The van der Waals surface area contributed by atoms with Gasteiger partial charge in [-0.2, -0.15) is 4.98 Å². The highest BCUT2D eigenvalue weighted by atomic mass is 35.5. The Labute approximate surface area is 116 Å². The van der Waals surface area contributed by atoms with E-state index >= 15 is 0 Å². The highest BCUT2D eigenvalue weighted by Gasteiger charge is 2.18. The Balaban J connectivity index is 1.95. The number of pyridine rings is 1. The van der Waals surface area contributed by atoms with Crippen LogP contribution < -0.4 is 0 Å². The van der Waals surface area contributed by atoms with Gasteiger partial charge < -0.3 is 8.94 Å². The minimum atomic E-state index is -0.646. The van der Waals surface area contributed by atoms with E-state index in [0.717, 1.165) is 0 Å². The molecule has 3 aromatic heterocycles. The molecule has 0 amide bonds. The highest BCUT2D eigenvalue weighted by molar-refractivity contribution is 6.29. The van der Waals surface area contributed by atoms with Crippen LogP contribution in [0.25, 0.3) is 23.0 Å². The summed E-state index contributed by atoms with van der Waals surface area (Å²) in [5, 5.41) is 14.5. The van der Waals surface area contributed by atoms with Crippen molar-refractivity contribution in [2.45, 2.75) is 0 Å². The zero-order valence-corrected chi connectivity index (χ0v) is 10.4. The van der Waals surface area contributed by atoms with Gasteiger partial charge in [0.05, 0.1) is 6.07 Å². The van der Waals surface area contributed by atoms with Gasteiger partial charge in [-0.05, 0) is 18.2 Å². The summed E-state index contributed by atoms with van der Waals surface area (Å²) in [6, 6.07) is 5.82. The summed E-state index contributed by atoms with van der Waals surface area (Å²) in [6.45, 7) is 0. The summed E-state index contributed by atoms with van der Waals surface area (Å²) >= 11 is 5.76. The molecular weight excluding hydrogens is 288 g/mol. The third kappa shape index (κ3) is 2.24. The van der Waals surface area contributed by atoms with E-state index in [4.69, 9.17) is 20.5 Å². The van der Waals surface area contributed by atoms with Crippen LogP contribution in [0.2, 0.25) is 5.15 Å². The number of nitro groups is 1. The molecule has 20 heavy (non-hydrogen) atoms. The van der Waals surface area contributed by atoms with Crippen molar-refractivity contribution >= 4 is 17.5 Å². The summed E-state index contributed by atoms with van der Waals surface area (Å²) in [4.78, 5) is 17.8. The van der Waals surface area contributed by atoms with Crippen LogP contribution in [0, 0.1) is 10.1 Å². The van der Waals surface area contributed by atoms with Crippen molar-refractivity contribution < 1.29 is 13.9 Å². The van der Waals surface area contributed by atoms with Crippen molar-refractivity contribution in [3.63, 3.8) is 0 Å². The molecule has 8 nitrogen and oxygen atoms in total. The topological polar surface area (TPSA) is 108 Å². The van der Waals surface area contributed by atoms with Crippen LogP contribution in [0.1, 0.15) is 0 Å². The second kappa shape index (κ2) is 4.74. The Morgan fingerprint density at radius 3 is 2.85 bits per heavy atom. The number of aromatic nitrogens is 3. The first-order chi connectivity index (χ1) is 9.63. The molecule has 0 atom stereocenters. The molecule has 3 rings (SSSR count). The van der Waals surface area contributed by atoms with Crippen molar-refractivity contribution in [3.05, 3.63) is 45.7 Å². The molecule has 0 unspecified atom stereocenters. The third-order valence-corrected chi connectivity index (χ3v) is 2.60. The van der Waals surface area contributed by atoms with Crippen LogP contribution in [-0.4, -0.2) is 20.0 Å². The maximum Gasteiger partial charge on any atom is 0.433 e. The monoisotopic (exact) mass is 292 g/mol. The average molecular weight is 293 g/mol. The van der Waals surface area contributed by atoms with Crippen LogP contribution in [0.5, 0.6) is 0 Å². The maximum atomic E-state index is 10.5. The summed E-state index contributed by atoms with van der Waals surface area (Å²) in [6.07, 6.45) is 1.50. The second-order valence-electron chi connectivity index (χ2n) is 3.69. The fraction of sp³-hybridized carbons (Fsp3) is 0. The van der Waals surface area contributed by atoms with E-state index in [2.05, 4.69) is 15.1 Å². The second-order valence-corrected chi connectivity index (χ2v) is 4.07. The minimum Gasteiger partial charge on any atom is -0.397 e. The average Bonchev–Trinajstić information content (AvgIpc) is 3.08. The van der Waals surface area contributed by atoms with Crippen molar-refractivity contribution in [2.24, 2.45) is 0 Å². The molecule has 0 aromatic carbocycles. The molecule has 0 saturated carbocycles. The first kappa shape index (κ1) is 12.3. The smallest absolute Gasteiger partial charge is 0.397 e. The zero-order chi connectivity index (χ0) is 14.1. The van der Waals surface area contributed by atoms with Gasteiger partial charge in [0.2, 0.25) is 5.82 Å². The van der Waals surface area contributed by atoms with Crippen LogP contribution in [0.15, 0.2) is 39.4 Å². The minimum absolute atomic E-state index is 0.112. The Morgan fingerprint density at radius 1 is 1.30 bits per heavy atom. The molecular formula is C11H5ClN4O4. The number of halogens is 1. The van der Waals surface area contributed by atoms with Crippen molar-refractivity contribution in [1.82, 2.24) is 15.1 Å². The lowest BCUT2D eigenvalue weighted by molar-refractivity contribution is -0.401. The Hall–Kier alpha value is -2.74. The van der Waals surface area contributed by atoms with Gasteiger partial charge in [-0.3, -0.25) is 10.1 Å². The van der Waals surface area contributed by atoms with E-state index in [-0.39, 0.29) is 22.6 Å². The first-order valence-corrected chi connectivity index (χ1v) is 5.71. The molecule has 0 aliphatic carbocycles. The van der Waals surface area contributed by atoms with E-state index in [9.17, 15) is 10.1 Å². The molecule has 9 heteroatoms. The fourth-order valence-electron chi connectivity index (χ4n) is 1.52. The lowest BCUT2D eigenvalue weighted by Crippen LogP contribution is -1.83. The first-order valence-electron chi connectivity index (χ1n) is 5.34. The number of rotatable bonds is 3. The van der Waals surface area contributed by atoms with Gasteiger partial charge in [0.25, 0.3) is 5.89 Å². The van der Waals surface area contributed by atoms with Gasteiger partial charge in [-0.15, -0.1) is 0 Å². The summed E-state index contributed by atoms with van der Waals surface area (Å²) in [7, 11) is 0. The predicted molar refractivity (Wildman–Crippen MR) is 66.9 cm³/mol. The molecule has 0 fully saturated rings. The van der Waals surface area contributed by atoms with E-state index < -0.39 is 10.8 Å². The molecule has 0 N–H and O–H groups in total. The Morgan fingerprint density at radius 2 is 2.15 bits per heavy atom. The molecule has 0 aliphatic rings. The van der Waals surface area contributed by atoms with Crippen molar-refractivity contribution in [2.75, 3.05) is 0 Å². The largest absolute Gasteiger partial charge is 0.433 e. The number of nitrogens with zero attached hydrogens (tertiary/aromatic N) is 4. The zero-order valence-electron chi connectivity index (χ0n) is 9.69. The van der Waals surface area contributed by atoms with Crippen LogP contribution in [0.3, 0.4) is 0 Å².